The smallest absolute Gasteiger partial charge is 0.355 e. The molecule has 1 fully saturated rings. The molecule has 0 spiro atoms. The summed E-state index contributed by atoms with van der Waals surface area (Å²) in [6.07, 6.45) is -3.36. The fourth-order valence-corrected chi connectivity index (χ4v) is 4.37. The quantitative estimate of drug-likeness (QED) is 0.714. The van der Waals surface area contributed by atoms with Gasteiger partial charge in [-0.2, -0.15) is 17.5 Å². The van der Waals surface area contributed by atoms with Crippen molar-refractivity contribution in [2.24, 2.45) is 0 Å². The molecule has 152 valence electrons. The van der Waals surface area contributed by atoms with Crippen molar-refractivity contribution in [3.05, 3.63) is 53.7 Å². The van der Waals surface area contributed by atoms with E-state index in [1.165, 1.54) is 6.07 Å². The number of aromatic nitrogens is 1. The number of anilines is 1. The molecule has 1 aliphatic rings. The average molecular weight is 421 g/mol. The molecular formula is C17H16F5N3O2S. The van der Waals surface area contributed by atoms with Gasteiger partial charge < -0.3 is 4.90 Å². The summed E-state index contributed by atoms with van der Waals surface area (Å²) in [5.41, 5.74) is -0.867. The number of nitrogens with zero attached hydrogens (tertiary/aromatic N) is 3. The molecule has 11 heteroatoms. The molecule has 3 rings (SSSR count). The van der Waals surface area contributed by atoms with Crippen LogP contribution in [0.4, 0.5) is 27.8 Å². The van der Waals surface area contributed by atoms with Gasteiger partial charge in [0.25, 0.3) is 0 Å². The minimum Gasteiger partial charge on any atom is -0.355 e. The van der Waals surface area contributed by atoms with E-state index >= 15 is 0 Å². The topological polar surface area (TPSA) is 53.5 Å². The molecule has 0 atom stereocenters. The summed E-state index contributed by atoms with van der Waals surface area (Å²) >= 11 is 0. The lowest BCUT2D eigenvalue weighted by Crippen LogP contribution is -2.35. The molecule has 2 aromatic rings. The molecule has 1 aromatic carbocycles. The van der Waals surface area contributed by atoms with Crippen molar-refractivity contribution in [2.45, 2.75) is 17.5 Å². The summed E-state index contributed by atoms with van der Waals surface area (Å²) < 4.78 is 90.9. The number of benzene rings is 1. The van der Waals surface area contributed by atoms with Gasteiger partial charge in [-0.1, -0.05) is 0 Å². The average Bonchev–Trinajstić information content (AvgIpc) is 2.90. The Bertz CT molecular complexity index is 948. The van der Waals surface area contributed by atoms with Crippen LogP contribution in [0.3, 0.4) is 0 Å². The maximum absolute atomic E-state index is 13.4. The van der Waals surface area contributed by atoms with Crippen molar-refractivity contribution in [1.82, 2.24) is 9.29 Å². The molecule has 5 nitrogen and oxygen atoms in total. The second kappa shape index (κ2) is 7.63. The van der Waals surface area contributed by atoms with E-state index in [1.807, 2.05) is 0 Å². The molecular weight excluding hydrogens is 405 g/mol. The molecule has 1 aromatic heterocycles. The third-order valence-electron chi connectivity index (χ3n) is 4.38. The van der Waals surface area contributed by atoms with Gasteiger partial charge >= 0.3 is 6.18 Å². The van der Waals surface area contributed by atoms with Gasteiger partial charge in [-0.3, -0.25) is 0 Å². The van der Waals surface area contributed by atoms with Crippen LogP contribution in [-0.4, -0.2) is 43.9 Å². The summed E-state index contributed by atoms with van der Waals surface area (Å²) in [7, 11) is -4.03. The van der Waals surface area contributed by atoms with Crippen LogP contribution in [0.15, 0.2) is 41.4 Å². The van der Waals surface area contributed by atoms with E-state index in [0.717, 1.165) is 28.7 Å². The maximum atomic E-state index is 13.4. The molecule has 0 amide bonds. The van der Waals surface area contributed by atoms with Crippen molar-refractivity contribution >= 4 is 15.8 Å². The zero-order valence-corrected chi connectivity index (χ0v) is 15.3. The Morgan fingerprint density at radius 1 is 0.929 bits per heavy atom. The SMILES string of the molecule is O=S(=O)(c1ccc(F)c(F)c1)N1CCCN(c2ccc(C(F)(F)F)cn2)CC1. The highest BCUT2D eigenvalue weighted by Crippen LogP contribution is 2.29. The third-order valence-corrected chi connectivity index (χ3v) is 6.28. The van der Waals surface area contributed by atoms with E-state index < -0.39 is 33.4 Å². The van der Waals surface area contributed by atoms with Crippen LogP contribution < -0.4 is 4.90 Å². The highest BCUT2D eigenvalue weighted by Gasteiger charge is 2.31. The van der Waals surface area contributed by atoms with Gasteiger partial charge in [-0.15, -0.1) is 0 Å². The van der Waals surface area contributed by atoms with Gasteiger partial charge in [0.15, 0.2) is 11.6 Å². The van der Waals surface area contributed by atoms with Crippen molar-refractivity contribution in [2.75, 3.05) is 31.1 Å². The first-order valence-corrected chi connectivity index (χ1v) is 9.76. The lowest BCUT2D eigenvalue weighted by Gasteiger charge is -2.23. The van der Waals surface area contributed by atoms with Gasteiger partial charge in [-0.05, 0) is 36.8 Å². The maximum Gasteiger partial charge on any atom is 0.417 e. The lowest BCUT2D eigenvalue weighted by atomic mass is 10.2. The molecule has 1 aliphatic heterocycles. The van der Waals surface area contributed by atoms with Crippen molar-refractivity contribution in [3.63, 3.8) is 0 Å². The molecule has 28 heavy (non-hydrogen) atoms. The predicted octanol–water partition coefficient (Wildman–Crippen LogP) is 3.28. The van der Waals surface area contributed by atoms with E-state index in [9.17, 15) is 30.4 Å². The molecule has 2 heterocycles. The minimum atomic E-state index is -4.49. The van der Waals surface area contributed by atoms with Crippen LogP contribution in [0, 0.1) is 11.6 Å². The zero-order valence-electron chi connectivity index (χ0n) is 14.5. The number of hydrogen-bond acceptors (Lipinski definition) is 4. The minimum absolute atomic E-state index is 0.0318. The fraction of sp³-hybridized carbons (Fsp3) is 0.353. The number of halogens is 5. The van der Waals surface area contributed by atoms with Crippen LogP contribution in [0.1, 0.15) is 12.0 Å². The molecule has 1 saturated heterocycles. The Balaban J connectivity index is 1.75. The Morgan fingerprint density at radius 3 is 2.29 bits per heavy atom. The van der Waals surface area contributed by atoms with Crippen LogP contribution in [0.25, 0.3) is 0 Å². The van der Waals surface area contributed by atoms with Crippen LogP contribution in [0.5, 0.6) is 0 Å². The van der Waals surface area contributed by atoms with Gasteiger partial charge in [-0.25, -0.2) is 22.2 Å². The number of hydrogen-bond donors (Lipinski definition) is 0. The van der Waals surface area contributed by atoms with E-state index in [-0.39, 0.29) is 24.5 Å². The Labute approximate surface area is 158 Å². The first-order valence-electron chi connectivity index (χ1n) is 8.32. The highest BCUT2D eigenvalue weighted by atomic mass is 32.2. The van der Waals surface area contributed by atoms with E-state index in [0.29, 0.717) is 24.8 Å². The van der Waals surface area contributed by atoms with Crippen LogP contribution in [-0.2, 0) is 16.2 Å². The van der Waals surface area contributed by atoms with Gasteiger partial charge in [0, 0.05) is 32.4 Å². The molecule has 0 saturated carbocycles. The van der Waals surface area contributed by atoms with Gasteiger partial charge in [0.2, 0.25) is 10.0 Å². The standard InChI is InChI=1S/C17H16F5N3O2S/c18-14-4-3-13(10-15(14)19)28(26,27)25-7-1-6-24(8-9-25)16-5-2-12(11-23-16)17(20,21)22/h2-5,10-11H,1,6-9H2. The summed E-state index contributed by atoms with van der Waals surface area (Å²) in [6.45, 7) is 0.756. The Hall–Kier alpha value is -2.27. The summed E-state index contributed by atoms with van der Waals surface area (Å²) in [5, 5.41) is 0. The van der Waals surface area contributed by atoms with E-state index in [4.69, 9.17) is 0 Å². The molecule has 0 aliphatic carbocycles. The molecule has 0 N–H and O–H groups in total. The number of rotatable bonds is 3. The van der Waals surface area contributed by atoms with Gasteiger partial charge in [0.1, 0.15) is 5.82 Å². The highest BCUT2D eigenvalue weighted by molar-refractivity contribution is 7.89. The number of sulfonamides is 1. The fourth-order valence-electron chi connectivity index (χ4n) is 2.89. The van der Waals surface area contributed by atoms with Gasteiger partial charge in [0.05, 0.1) is 10.5 Å². The summed E-state index contributed by atoms with van der Waals surface area (Å²) in [6, 6.07) is 4.53. The van der Waals surface area contributed by atoms with Crippen molar-refractivity contribution in [3.8, 4) is 0 Å². The van der Waals surface area contributed by atoms with Crippen molar-refractivity contribution in [1.29, 1.82) is 0 Å². The second-order valence-electron chi connectivity index (χ2n) is 6.22. The summed E-state index contributed by atoms with van der Waals surface area (Å²) in [4.78, 5) is 5.15. The molecule has 0 radical (unpaired) electrons. The molecule has 0 unspecified atom stereocenters. The first-order chi connectivity index (χ1) is 13.1. The van der Waals surface area contributed by atoms with Crippen molar-refractivity contribution < 1.29 is 30.4 Å². The lowest BCUT2D eigenvalue weighted by molar-refractivity contribution is -0.137. The largest absolute Gasteiger partial charge is 0.417 e. The van der Waals surface area contributed by atoms with Crippen LogP contribution >= 0.6 is 0 Å². The van der Waals surface area contributed by atoms with Crippen LogP contribution in [0.2, 0.25) is 0 Å². The predicted molar refractivity (Wildman–Crippen MR) is 91.2 cm³/mol. The monoisotopic (exact) mass is 421 g/mol. The Kier molecular flexibility index (Phi) is 5.57. The Morgan fingerprint density at radius 2 is 1.68 bits per heavy atom. The zero-order chi connectivity index (χ0) is 20.5. The normalized spacial score (nSPS) is 16.8. The third kappa shape index (κ3) is 4.25. The number of alkyl halides is 3. The van der Waals surface area contributed by atoms with E-state index in [2.05, 4.69) is 4.98 Å². The summed E-state index contributed by atoms with van der Waals surface area (Å²) in [5.74, 6) is -2.10. The second-order valence-corrected chi connectivity index (χ2v) is 8.16. The number of pyridine rings is 1. The first kappa shape index (κ1) is 20.5. The molecule has 0 bridgehead atoms. The van der Waals surface area contributed by atoms with E-state index in [1.54, 1.807) is 4.90 Å².